The highest BCUT2D eigenvalue weighted by molar-refractivity contribution is 5.82. The molecule has 6 nitrogen and oxygen atoms in total. The van der Waals surface area contributed by atoms with Gasteiger partial charge < -0.3 is 16.4 Å². The zero-order valence-corrected chi connectivity index (χ0v) is 12.3. The van der Waals surface area contributed by atoms with Crippen LogP contribution in [-0.4, -0.2) is 48.9 Å². The van der Waals surface area contributed by atoms with Crippen LogP contribution < -0.4 is 16.4 Å². The first-order valence-corrected chi connectivity index (χ1v) is 7.12. The third-order valence-electron chi connectivity index (χ3n) is 3.64. The Morgan fingerprint density at radius 3 is 2.76 bits per heavy atom. The average Bonchev–Trinajstić information content (AvgIpc) is 2.47. The molecule has 1 unspecified atom stereocenters. The van der Waals surface area contributed by atoms with Gasteiger partial charge in [-0.3, -0.25) is 14.5 Å². The lowest BCUT2D eigenvalue weighted by atomic mass is 10.1. The first-order chi connectivity index (χ1) is 10.1. The predicted molar refractivity (Wildman–Crippen MR) is 80.5 cm³/mol. The second kappa shape index (κ2) is 7.19. The Hall–Kier alpha value is -1.92. The van der Waals surface area contributed by atoms with Crippen LogP contribution >= 0.6 is 0 Å². The Labute approximate surface area is 124 Å². The third-order valence-corrected chi connectivity index (χ3v) is 3.64. The Balaban J connectivity index is 1.83. The van der Waals surface area contributed by atoms with Gasteiger partial charge in [0.1, 0.15) is 6.04 Å². The van der Waals surface area contributed by atoms with E-state index in [-0.39, 0.29) is 12.5 Å². The number of rotatable bonds is 5. The summed E-state index contributed by atoms with van der Waals surface area (Å²) in [5.41, 5.74) is 7.61. The third kappa shape index (κ3) is 4.54. The highest BCUT2D eigenvalue weighted by Gasteiger charge is 2.27. The second-order valence-corrected chi connectivity index (χ2v) is 5.36. The first kappa shape index (κ1) is 15.5. The smallest absolute Gasteiger partial charge is 0.236 e. The Bertz CT molecular complexity index is 501. The minimum absolute atomic E-state index is 0.0938. The summed E-state index contributed by atoms with van der Waals surface area (Å²) < 4.78 is 0. The number of primary amides is 1. The summed E-state index contributed by atoms with van der Waals surface area (Å²) in [5.74, 6) is -0.489. The number of carbonyl (C=O) groups excluding carboxylic acids is 2. The monoisotopic (exact) mass is 290 g/mol. The van der Waals surface area contributed by atoms with Gasteiger partial charge in [-0.1, -0.05) is 29.8 Å². The largest absolute Gasteiger partial charge is 0.368 e. The van der Waals surface area contributed by atoms with Crippen molar-refractivity contribution in [2.24, 2.45) is 5.73 Å². The molecule has 114 valence electrons. The van der Waals surface area contributed by atoms with Gasteiger partial charge in [0.2, 0.25) is 11.8 Å². The molecule has 1 heterocycles. The van der Waals surface area contributed by atoms with E-state index in [1.165, 1.54) is 5.56 Å². The summed E-state index contributed by atoms with van der Waals surface area (Å²) in [4.78, 5) is 25.2. The molecule has 4 N–H and O–H groups in total. The van der Waals surface area contributed by atoms with Crippen LogP contribution in [0.4, 0.5) is 0 Å². The van der Waals surface area contributed by atoms with Gasteiger partial charge >= 0.3 is 0 Å². The first-order valence-electron chi connectivity index (χ1n) is 7.12. The fraction of sp³-hybridized carbons (Fsp3) is 0.467. The number of hydrogen-bond acceptors (Lipinski definition) is 4. The maximum absolute atomic E-state index is 12.0. The molecule has 0 spiro atoms. The normalized spacial score (nSPS) is 19.2. The zero-order valence-electron chi connectivity index (χ0n) is 12.3. The van der Waals surface area contributed by atoms with Crippen molar-refractivity contribution in [2.45, 2.75) is 19.5 Å². The maximum atomic E-state index is 12.0. The highest BCUT2D eigenvalue weighted by Crippen LogP contribution is 2.04. The number of amides is 2. The second-order valence-electron chi connectivity index (χ2n) is 5.36. The zero-order chi connectivity index (χ0) is 15.2. The summed E-state index contributed by atoms with van der Waals surface area (Å²) >= 11 is 0. The van der Waals surface area contributed by atoms with Crippen molar-refractivity contribution in [3.8, 4) is 0 Å². The summed E-state index contributed by atoms with van der Waals surface area (Å²) in [6.45, 7) is 4.62. The Morgan fingerprint density at radius 1 is 1.38 bits per heavy atom. The molecule has 2 rings (SSSR count). The topological polar surface area (TPSA) is 87.5 Å². The van der Waals surface area contributed by atoms with E-state index in [2.05, 4.69) is 10.6 Å². The van der Waals surface area contributed by atoms with Crippen LogP contribution in [0.2, 0.25) is 0 Å². The van der Waals surface area contributed by atoms with E-state index < -0.39 is 11.9 Å². The molecule has 0 aliphatic carbocycles. The van der Waals surface area contributed by atoms with E-state index in [1.54, 1.807) is 0 Å². The molecule has 0 bridgehead atoms. The van der Waals surface area contributed by atoms with Crippen LogP contribution in [-0.2, 0) is 16.1 Å². The van der Waals surface area contributed by atoms with Crippen LogP contribution in [0, 0.1) is 6.92 Å². The van der Waals surface area contributed by atoms with Gasteiger partial charge in [0, 0.05) is 26.2 Å². The molecule has 2 amide bonds. The van der Waals surface area contributed by atoms with Gasteiger partial charge in [-0.2, -0.15) is 0 Å². The fourth-order valence-corrected chi connectivity index (χ4v) is 2.36. The standard InChI is InChI=1S/C15H22N4O2/c1-11-2-4-12(5-3-11)8-18-14(20)10-19-7-6-17-9-13(19)15(16)21/h2-5,13,17H,6-10H2,1H3,(H2,16,21)(H,18,20). The van der Waals surface area contributed by atoms with Crippen molar-refractivity contribution in [3.05, 3.63) is 35.4 Å². The van der Waals surface area contributed by atoms with Crippen LogP contribution in [0.3, 0.4) is 0 Å². The van der Waals surface area contributed by atoms with E-state index in [4.69, 9.17) is 5.73 Å². The van der Waals surface area contributed by atoms with E-state index in [9.17, 15) is 9.59 Å². The number of piperazine rings is 1. The Kier molecular flexibility index (Phi) is 5.30. The van der Waals surface area contributed by atoms with Gasteiger partial charge in [0.15, 0.2) is 0 Å². The van der Waals surface area contributed by atoms with Crippen LogP contribution in [0.25, 0.3) is 0 Å². The number of nitrogens with zero attached hydrogens (tertiary/aromatic N) is 1. The number of benzene rings is 1. The molecular formula is C15H22N4O2. The van der Waals surface area contributed by atoms with Crippen LogP contribution in [0.15, 0.2) is 24.3 Å². The molecule has 0 saturated carbocycles. The molecule has 0 aromatic heterocycles. The van der Waals surface area contributed by atoms with Crippen molar-refractivity contribution >= 4 is 11.8 Å². The molecule has 1 aromatic rings. The maximum Gasteiger partial charge on any atom is 0.236 e. The minimum atomic E-state index is -0.413. The summed E-state index contributed by atoms with van der Waals surface area (Å²) in [6, 6.07) is 7.60. The Morgan fingerprint density at radius 2 is 2.10 bits per heavy atom. The fourth-order valence-electron chi connectivity index (χ4n) is 2.36. The van der Waals surface area contributed by atoms with Crippen molar-refractivity contribution in [1.82, 2.24) is 15.5 Å². The molecule has 1 atom stereocenters. The molecule has 1 aromatic carbocycles. The molecule has 1 aliphatic heterocycles. The molecule has 0 radical (unpaired) electrons. The summed E-state index contributed by atoms with van der Waals surface area (Å²) in [7, 11) is 0. The molecule has 1 aliphatic rings. The number of nitrogens with one attached hydrogen (secondary N) is 2. The molecule has 1 fully saturated rings. The van der Waals surface area contributed by atoms with E-state index >= 15 is 0 Å². The van der Waals surface area contributed by atoms with E-state index in [1.807, 2.05) is 36.1 Å². The molecular weight excluding hydrogens is 268 g/mol. The lowest BCUT2D eigenvalue weighted by Crippen LogP contribution is -2.58. The number of nitrogens with two attached hydrogens (primary N) is 1. The SMILES string of the molecule is Cc1ccc(CNC(=O)CN2CCNCC2C(N)=O)cc1. The number of carbonyl (C=O) groups is 2. The van der Waals surface area contributed by atoms with Crippen LogP contribution in [0.1, 0.15) is 11.1 Å². The van der Waals surface area contributed by atoms with Crippen molar-refractivity contribution in [3.63, 3.8) is 0 Å². The van der Waals surface area contributed by atoms with E-state index in [0.29, 0.717) is 19.6 Å². The predicted octanol–water partition coefficient (Wildman–Crippen LogP) is -0.630. The van der Waals surface area contributed by atoms with Gasteiger partial charge in [0.05, 0.1) is 6.54 Å². The average molecular weight is 290 g/mol. The highest BCUT2D eigenvalue weighted by atomic mass is 16.2. The summed E-state index contributed by atoms with van der Waals surface area (Å²) in [5, 5.41) is 5.98. The van der Waals surface area contributed by atoms with Gasteiger partial charge in [-0.15, -0.1) is 0 Å². The van der Waals surface area contributed by atoms with Crippen molar-refractivity contribution in [1.29, 1.82) is 0 Å². The van der Waals surface area contributed by atoms with Crippen molar-refractivity contribution in [2.75, 3.05) is 26.2 Å². The van der Waals surface area contributed by atoms with Crippen LogP contribution in [0.5, 0.6) is 0 Å². The quantitative estimate of drug-likeness (QED) is 0.674. The lowest BCUT2D eigenvalue weighted by molar-refractivity contribution is -0.127. The van der Waals surface area contributed by atoms with Gasteiger partial charge in [-0.25, -0.2) is 0 Å². The molecule has 6 heteroatoms. The van der Waals surface area contributed by atoms with Gasteiger partial charge in [-0.05, 0) is 12.5 Å². The molecule has 1 saturated heterocycles. The number of aryl methyl sites for hydroxylation is 1. The van der Waals surface area contributed by atoms with Crippen molar-refractivity contribution < 1.29 is 9.59 Å². The van der Waals surface area contributed by atoms with Gasteiger partial charge in [0.25, 0.3) is 0 Å². The minimum Gasteiger partial charge on any atom is -0.368 e. The summed E-state index contributed by atoms with van der Waals surface area (Å²) in [6.07, 6.45) is 0. The molecule has 21 heavy (non-hydrogen) atoms. The number of hydrogen-bond donors (Lipinski definition) is 3. The lowest BCUT2D eigenvalue weighted by Gasteiger charge is -2.33. The van der Waals surface area contributed by atoms with E-state index in [0.717, 1.165) is 12.1 Å².